The Hall–Kier alpha value is -2.91. The molecular weight excluding hydrogens is 468 g/mol. The number of benzene rings is 1. The van der Waals surface area contributed by atoms with Crippen LogP contribution in [0.3, 0.4) is 0 Å². The van der Waals surface area contributed by atoms with Gasteiger partial charge in [0.2, 0.25) is 11.8 Å². The van der Waals surface area contributed by atoms with Gasteiger partial charge in [-0.15, -0.1) is 17.9 Å². The van der Waals surface area contributed by atoms with Crippen LogP contribution in [0.2, 0.25) is 0 Å². The van der Waals surface area contributed by atoms with E-state index in [2.05, 4.69) is 11.9 Å². The number of aryl methyl sites for hydroxylation is 3. The molecule has 0 aliphatic carbocycles. The van der Waals surface area contributed by atoms with Crippen LogP contribution in [0.4, 0.5) is 5.69 Å². The molecule has 0 spiro atoms. The van der Waals surface area contributed by atoms with Gasteiger partial charge in [-0.1, -0.05) is 43.0 Å². The standard InChI is InChI=1S/C25H30N4O3S2/c1-7-13-29-24(32)21-15(3)16(4)33-22(21)27-25(29)34-17(5)23(31)28(6)14-20(30)26-19-12-10-9-11-18(19)8-2/h7,9-12,17H,1,8,13-14H2,2-6H3,(H,26,30). The number of thiophene rings is 1. The second kappa shape index (κ2) is 11.0. The minimum Gasteiger partial charge on any atom is -0.335 e. The summed E-state index contributed by atoms with van der Waals surface area (Å²) in [6.45, 7) is 11.7. The number of nitrogens with one attached hydrogen (secondary N) is 1. The lowest BCUT2D eigenvalue weighted by Gasteiger charge is -2.21. The molecule has 2 amide bonds. The van der Waals surface area contributed by atoms with Crippen molar-refractivity contribution in [1.29, 1.82) is 0 Å². The number of carbonyl (C=O) groups is 2. The monoisotopic (exact) mass is 498 g/mol. The Morgan fingerprint density at radius 1 is 1.32 bits per heavy atom. The zero-order valence-electron chi connectivity index (χ0n) is 20.2. The van der Waals surface area contributed by atoms with Crippen LogP contribution in [0.1, 0.15) is 29.9 Å². The largest absolute Gasteiger partial charge is 0.335 e. The van der Waals surface area contributed by atoms with E-state index >= 15 is 0 Å². The third kappa shape index (κ3) is 5.42. The summed E-state index contributed by atoms with van der Waals surface area (Å²) in [5.74, 6) is -0.483. The lowest BCUT2D eigenvalue weighted by atomic mass is 10.1. The molecule has 3 aromatic rings. The molecular formula is C25H30N4O3S2. The molecule has 0 saturated carbocycles. The molecule has 2 aromatic heterocycles. The second-order valence-electron chi connectivity index (χ2n) is 8.08. The van der Waals surface area contributed by atoms with Gasteiger partial charge in [-0.3, -0.25) is 19.0 Å². The van der Waals surface area contributed by atoms with Crippen molar-refractivity contribution in [3.05, 3.63) is 63.3 Å². The smallest absolute Gasteiger partial charge is 0.263 e. The van der Waals surface area contributed by atoms with Crippen molar-refractivity contribution in [2.45, 2.75) is 51.1 Å². The Morgan fingerprint density at radius 3 is 2.71 bits per heavy atom. The molecule has 1 atom stereocenters. The summed E-state index contributed by atoms with van der Waals surface area (Å²) in [4.78, 5) is 46.6. The fourth-order valence-corrected chi connectivity index (χ4v) is 5.74. The maximum absolute atomic E-state index is 13.2. The molecule has 180 valence electrons. The van der Waals surface area contributed by atoms with E-state index in [0.29, 0.717) is 21.9 Å². The Balaban J connectivity index is 1.75. The molecule has 1 unspecified atom stereocenters. The number of rotatable bonds is 9. The van der Waals surface area contributed by atoms with E-state index < -0.39 is 5.25 Å². The van der Waals surface area contributed by atoms with Gasteiger partial charge in [0.1, 0.15) is 4.83 Å². The first-order valence-corrected chi connectivity index (χ1v) is 12.8. The van der Waals surface area contributed by atoms with Gasteiger partial charge >= 0.3 is 0 Å². The van der Waals surface area contributed by atoms with E-state index in [4.69, 9.17) is 4.98 Å². The second-order valence-corrected chi connectivity index (χ2v) is 10.6. The number of aromatic nitrogens is 2. The first kappa shape index (κ1) is 25.7. The lowest BCUT2D eigenvalue weighted by Crippen LogP contribution is -2.39. The normalized spacial score (nSPS) is 11.9. The number of thioether (sulfide) groups is 1. The van der Waals surface area contributed by atoms with Crippen molar-refractivity contribution < 1.29 is 9.59 Å². The zero-order chi connectivity index (χ0) is 25.0. The van der Waals surface area contributed by atoms with Crippen LogP contribution < -0.4 is 10.9 Å². The minimum absolute atomic E-state index is 0.0724. The number of para-hydroxylation sites is 1. The Bertz CT molecular complexity index is 1300. The van der Waals surface area contributed by atoms with E-state index in [-0.39, 0.29) is 23.9 Å². The van der Waals surface area contributed by atoms with Crippen molar-refractivity contribution in [3.63, 3.8) is 0 Å². The summed E-state index contributed by atoms with van der Waals surface area (Å²) in [5, 5.41) is 3.44. The van der Waals surface area contributed by atoms with Gasteiger partial charge in [0.15, 0.2) is 5.16 Å². The van der Waals surface area contributed by atoms with Gasteiger partial charge in [0.25, 0.3) is 5.56 Å². The fraction of sp³-hybridized carbons (Fsp3) is 0.360. The summed E-state index contributed by atoms with van der Waals surface area (Å²) in [5.41, 5.74) is 2.60. The molecule has 3 rings (SSSR count). The molecule has 0 bridgehead atoms. The minimum atomic E-state index is -0.539. The number of nitrogens with zero attached hydrogens (tertiary/aromatic N) is 3. The van der Waals surface area contributed by atoms with Gasteiger partial charge < -0.3 is 10.2 Å². The molecule has 0 radical (unpaired) electrons. The summed E-state index contributed by atoms with van der Waals surface area (Å²) in [6, 6.07) is 7.61. The summed E-state index contributed by atoms with van der Waals surface area (Å²) in [7, 11) is 1.60. The Kier molecular flexibility index (Phi) is 8.33. The fourth-order valence-electron chi connectivity index (χ4n) is 3.64. The van der Waals surface area contributed by atoms with Crippen LogP contribution in [0, 0.1) is 13.8 Å². The zero-order valence-corrected chi connectivity index (χ0v) is 21.8. The van der Waals surface area contributed by atoms with Crippen LogP contribution in [-0.2, 0) is 22.6 Å². The summed E-state index contributed by atoms with van der Waals surface area (Å²) in [6.07, 6.45) is 2.44. The highest BCUT2D eigenvalue weighted by molar-refractivity contribution is 8.00. The maximum atomic E-state index is 13.2. The van der Waals surface area contributed by atoms with Gasteiger partial charge in [-0.25, -0.2) is 4.98 Å². The number of allylic oxidation sites excluding steroid dienone is 1. The van der Waals surface area contributed by atoms with Gasteiger partial charge in [-0.05, 0) is 44.4 Å². The predicted molar refractivity (Wildman–Crippen MR) is 141 cm³/mol. The maximum Gasteiger partial charge on any atom is 0.263 e. The third-order valence-electron chi connectivity index (χ3n) is 5.62. The first-order valence-electron chi connectivity index (χ1n) is 11.1. The molecule has 0 saturated heterocycles. The molecule has 7 nitrogen and oxygen atoms in total. The molecule has 1 aromatic carbocycles. The number of carbonyl (C=O) groups excluding carboxylic acids is 2. The van der Waals surface area contributed by atoms with Crippen molar-refractivity contribution in [1.82, 2.24) is 14.5 Å². The van der Waals surface area contributed by atoms with E-state index in [0.717, 1.165) is 28.1 Å². The molecule has 34 heavy (non-hydrogen) atoms. The molecule has 1 N–H and O–H groups in total. The van der Waals surface area contributed by atoms with Crippen molar-refractivity contribution in [2.24, 2.45) is 0 Å². The highest BCUT2D eigenvalue weighted by Gasteiger charge is 2.24. The van der Waals surface area contributed by atoms with Crippen LogP contribution >= 0.6 is 23.1 Å². The Morgan fingerprint density at radius 2 is 2.03 bits per heavy atom. The summed E-state index contributed by atoms with van der Waals surface area (Å²) >= 11 is 2.69. The summed E-state index contributed by atoms with van der Waals surface area (Å²) < 4.78 is 1.55. The number of fused-ring (bicyclic) bond motifs is 1. The molecule has 2 heterocycles. The van der Waals surface area contributed by atoms with Crippen LogP contribution in [0.15, 0.2) is 46.9 Å². The van der Waals surface area contributed by atoms with Gasteiger partial charge in [-0.2, -0.15) is 0 Å². The molecule has 0 fully saturated rings. The van der Waals surface area contributed by atoms with Gasteiger partial charge in [0, 0.05) is 24.2 Å². The SMILES string of the molecule is C=CCn1c(SC(C)C(=O)N(C)CC(=O)Nc2ccccc2CC)nc2sc(C)c(C)c2c1=O. The molecule has 9 heteroatoms. The van der Waals surface area contributed by atoms with Crippen molar-refractivity contribution in [3.8, 4) is 0 Å². The quantitative estimate of drug-likeness (QED) is 0.269. The Labute approximate surface area is 207 Å². The van der Waals surface area contributed by atoms with Crippen molar-refractivity contribution in [2.75, 3.05) is 18.9 Å². The highest BCUT2D eigenvalue weighted by Crippen LogP contribution is 2.30. The molecule has 0 aliphatic rings. The van der Waals surface area contributed by atoms with Crippen molar-refractivity contribution >= 4 is 50.8 Å². The third-order valence-corrected chi connectivity index (χ3v) is 7.80. The lowest BCUT2D eigenvalue weighted by molar-refractivity contribution is -0.132. The van der Waals surface area contributed by atoms with E-state index in [9.17, 15) is 14.4 Å². The van der Waals surface area contributed by atoms with Crippen LogP contribution in [0.25, 0.3) is 10.2 Å². The first-order chi connectivity index (χ1) is 16.2. The topological polar surface area (TPSA) is 84.3 Å². The van der Waals surface area contributed by atoms with E-state index in [1.54, 1.807) is 24.6 Å². The highest BCUT2D eigenvalue weighted by atomic mass is 32.2. The van der Waals surface area contributed by atoms with Gasteiger partial charge in [0.05, 0.1) is 17.2 Å². The number of anilines is 1. The number of likely N-dealkylation sites (N-methyl/N-ethyl adjacent to an activating group) is 1. The number of hydrogen-bond acceptors (Lipinski definition) is 6. The van der Waals surface area contributed by atoms with Crippen LogP contribution in [0.5, 0.6) is 0 Å². The average molecular weight is 499 g/mol. The number of hydrogen-bond donors (Lipinski definition) is 1. The number of amides is 2. The molecule has 0 aliphatic heterocycles. The van der Waals surface area contributed by atoms with E-state index in [1.165, 1.54) is 28.0 Å². The average Bonchev–Trinajstić information content (AvgIpc) is 3.09. The van der Waals surface area contributed by atoms with Crippen LogP contribution in [-0.4, -0.2) is 45.1 Å². The predicted octanol–water partition coefficient (Wildman–Crippen LogP) is 4.40. The van der Waals surface area contributed by atoms with E-state index in [1.807, 2.05) is 45.0 Å².